The zero-order chi connectivity index (χ0) is 16.5. The van der Waals surface area contributed by atoms with Gasteiger partial charge in [-0.25, -0.2) is 9.97 Å². The summed E-state index contributed by atoms with van der Waals surface area (Å²) in [6.45, 7) is 0. The predicted molar refractivity (Wildman–Crippen MR) is 90.1 cm³/mol. The van der Waals surface area contributed by atoms with Crippen molar-refractivity contribution >= 4 is 23.8 Å². The third kappa shape index (κ3) is 2.66. The van der Waals surface area contributed by atoms with Gasteiger partial charge >= 0.3 is 0 Å². The summed E-state index contributed by atoms with van der Waals surface area (Å²) >= 11 is 0. The van der Waals surface area contributed by atoms with Crippen LogP contribution in [-0.4, -0.2) is 28.1 Å². The van der Waals surface area contributed by atoms with Crippen molar-refractivity contribution in [3.63, 3.8) is 0 Å². The van der Waals surface area contributed by atoms with Gasteiger partial charge in [-0.15, -0.1) is 0 Å². The van der Waals surface area contributed by atoms with E-state index in [-0.39, 0.29) is 17.9 Å². The van der Waals surface area contributed by atoms with Crippen LogP contribution in [0.4, 0.5) is 11.6 Å². The number of nitrogens with one attached hydrogen (secondary N) is 1. The summed E-state index contributed by atoms with van der Waals surface area (Å²) in [5, 5.41) is 3.12. The smallest absolute Gasteiger partial charge is 0.234 e. The second kappa shape index (κ2) is 6.07. The molecular weight excluding hydrogens is 306 g/mol. The van der Waals surface area contributed by atoms with Gasteiger partial charge < -0.3 is 15.5 Å². The number of carbonyl (C=O) groups is 1. The molecule has 0 radical (unpaired) electrons. The van der Waals surface area contributed by atoms with Crippen LogP contribution in [0.3, 0.4) is 0 Å². The Labute approximate surface area is 139 Å². The van der Waals surface area contributed by atoms with Crippen molar-refractivity contribution in [3.05, 3.63) is 24.1 Å². The maximum absolute atomic E-state index is 12.7. The summed E-state index contributed by atoms with van der Waals surface area (Å²) in [6.07, 6.45) is 8.82. The number of carbonyl (C=O) groups excluding carboxylic acids is 1. The lowest BCUT2D eigenvalue weighted by atomic mass is 9.94. The number of hydrogen-bond donors (Lipinski definition) is 2. The lowest BCUT2D eigenvalue weighted by molar-refractivity contribution is -0.121. The first-order valence-electron chi connectivity index (χ1n) is 8.28. The fraction of sp³-hybridized carbons (Fsp3) is 0.412. The van der Waals surface area contributed by atoms with Crippen LogP contribution in [0.5, 0.6) is 0 Å². The quantitative estimate of drug-likeness (QED) is 0.902. The molecule has 3 heterocycles. The summed E-state index contributed by atoms with van der Waals surface area (Å²) in [5.41, 5.74) is 7.46. The molecule has 124 valence electrons. The molecule has 1 aliphatic carbocycles. The molecule has 0 aromatic carbocycles. The van der Waals surface area contributed by atoms with E-state index in [1.807, 2.05) is 0 Å². The molecule has 1 amide bonds. The van der Waals surface area contributed by atoms with Crippen LogP contribution in [0.15, 0.2) is 27.8 Å². The summed E-state index contributed by atoms with van der Waals surface area (Å²) in [7, 11) is 0. The number of anilines is 1. The lowest BCUT2D eigenvalue weighted by Crippen LogP contribution is -2.39. The monoisotopic (exact) mass is 325 g/mol. The summed E-state index contributed by atoms with van der Waals surface area (Å²) in [4.78, 5) is 25.5. The van der Waals surface area contributed by atoms with Crippen molar-refractivity contribution in [1.29, 1.82) is 0 Å². The van der Waals surface area contributed by atoms with Crippen LogP contribution in [0.1, 0.15) is 43.7 Å². The molecular formula is C17H19N5O2. The van der Waals surface area contributed by atoms with Gasteiger partial charge in [-0.2, -0.15) is 0 Å². The number of hydrogen-bond acceptors (Lipinski definition) is 6. The van der Waals surface area contributed by atoms with E-state index in [9.17, 15) is 4.79 Å². The SMILES string of the molecule is Nc1nc(-c2ccco2)c2c(n1)C(C(=O)NC1CCCCC1)C=N2. The first-order valence-corrected chi connectivity index (χ1v) is 8.28. The first kappa shape index (κ1) is 14.9. The molecule has 2 aliphatic rings. The van der Waals surface area contributed by atoms with Gasteiger partial charge in [0.25, 0.3) is 0 Å². The predicted octanol–water partition coefficient (Wildman–Crippen LogP) is 2.57. The van der Waals surface area contributed by atoms with Gasteiger partial charge in [-0.1, -0.05) is 19.3 Å². The number of amides is 1. The van der Waals surface area contributed by atoms with Crippen LogP contribution in [0, 0.1) is 0 Å². The third-order valence-corrected chi connectivity index (χ3v) is 4.56. The van der Waals surface area contributed by atoms with Crippen molar-refractivity contribution in [1.82, 2.24) is 15.3 Å². The molecule has 0 bridgehead atoms. The van der Waals surface area contributed by atoms with Gasteiger partial charge in [0.15, 0.2) is 5.76 Å². The Balaban J connectivity index is 1.62. The second-order valence-corrected chi connectivity index (χ2v) is 6.24. The molecule has 3 N–H and O–H groups in total. The standard InChI is InChI=1S/C17H19N5O2/c18-17-21-13-11(16(23)20-10-5-2-1-3-6-10)9-19-15(13)14(22-17)12-7-4-8-24-12/h4,7-11H,1-3,5-6H2,(H,20,23)(H2,18,21,22). The Bertz CT molecular complexity index is 779. The Morgan fingerprint density at radius 3 is 2.83 bits per heavy atom. The van der Waals surface area contributed by atoms with Gasteiger partial charge in [0.2, 0.25) is 11.9 Å². The summed E-state index contributed by atoms with van der Waals surface area (Å²) in [5.74, 6) is 0.0702. The highest BCUT2D eigenvalue weighted by Gasteiger charge is 2.32. The topological polar surface area (TPSA) is 106 Å². The average molecular weight is 325 g/mol. The van der Waals surface area contributed by atoms with E-state index in [0.29, 0.717) is 22.8 Å². The number of aliphatic imine (C=N–C) groups is 1. The molecule has 1 unspecified atom stereocenters. The van der Waals surface area contributed by atoms with Gasteiger partial charge in [0, 0.05) is 12.3 Å². The average Bonchev–Trinajstić information content (AvgIpc) is 3.24. The fourth-order valence-electron chi connectivity index (χ4n) is 3.37. The second-order valence-electron chi connectivity index (χ2n) is 6.24. The van der Waals surface area contributed by atoms with E-state index in [0.717, 1.165) is 25.7 Å². The minimum atomic E-state index is -0.527. The number of nitrogen functional groups attached to an aromatic ring is 1. The maximum atomic E-state index is 12.7. The molecule has 0 spiro atoms. The summed E-state index contributed by atoms with van der Waals surface area (Å²) in [6, 6.07) is 3.80. The van der Waals surface area contributed by atoms with E-state index in [1.54, 1.807) is 24.6 Å². The highest BCUT2D eigenvalue weighted by molar-refractivity contribution is 6.04. The highest BCUT2D eigenvalue weighted by Crippen LogP contribution is 2.39. The van der Waals surface area contributed by atoms with Crippen molar-refractivity contribution in [3.8, 4) is 11.5 Å². The molecule has 1 atom stereocenters. The number of furan rings is 1. The first-order chi connectivity index (χ1) is 11.7. The van der Waals surface area contributed by atoms with Gasteiger partial charge in [0.05, 0.1) is 12.0 Å². The molecule has 24 heavy (non-hydrogen) atoms. The van der Waals surface area contributed by atoms with Crippen LogP contribution in [0.2, 0.25) is 0 Å². The van der Waals surface area contributed by atoms with E-state index in [4.69, 9.17) is 10.2 Å². The summed E-state index contributed by atoms with van der Waals surface area (Å²) < 4.78 is 5.40. The van der Waals surface area contributed by atoms with Gasteiger partial charge in [-0.3, -0.25) is 9.79 Å². The largest absolute Gasteiger partial charge is 0.463 e. The minimum absolute atomic E-state index is 0.0760. The van der Waals surface area contributed by atoms with Gasteiger partial charge in [0.1, 0.15) is 17.3 Å². The molecule has 1 aliphatic heterocycles. The molecule has 7 heteroatoms. The van der Waals surface area contributed by atoms with E-state index in [1.165, 1.54) is 6.42 Å². The zero-order valence-electron chi connectivity index (χ0n) is 13.2. The van der Waals surface area contributed by atoms with Crippen LogP contribution >= 0.6 is 0 Å². The van der Waals surface area contributed by atoms with Crippen LogP contribution in [-0.2, 0) is 4.79 Å². The van der Waals surface area contributed by atoms with Crippen molar-refractivity contribution in [2.45, 2.75) is 44.1 Å². The van der Waals surface area contributed by atoms with E-state index < -0.39 is 5.92 Å². The highest BCUT2D eigenvalue weighted by atomic mass is 16.3. The fourth-order valence-corrected chi connectivity index (χ4v) is 3.37. The molecule has 2 aromatic rings. The van der Waals surface area contributed by atoms with E-state index in [2.05, 4.69) is 20.3 Å². The van der Waals surface area contributed by atoms with Crippen molar-refractivity contribution in [2.75, 3.05) is 5.73 Å². The molecule has 1 fully saturated rings. The van der Waals surface area contributed by atoms with Gasteiger partial charge in [-0.05, 0) is 25.0 Å². The number of rotatable bonds is 3. The Morgan fingerprint density at radius 2 is 2.08 bits per heavy atom. The minimum Gasteiger partial charge on any atom is -0.463 e. The van der Waals surface area contributed by atoms with E-state index >= 15 is 0 Å². The molecule has 4 rings (SSSR count). The number of nitrogens with zero attached hydrogens (tertiary/aromatic N) is 3. The van der Waals surface area contributed by atoms with Crippen molar-refractivity contribution in [2.24, 2.45) is 4.99 Å². The lowest BCUT2D eigenvalue weighted by Gasteiger charge is -2.23. The molecule has 0 saturated heterocycles. The Hall–Kier alpha value is -2.70. The Kier molecular flexibility index (Phi) is 3.76. The third-order valence-electron chi connectivity index (χ3n) is 4.56. The van der Waals surface area contributed by atoms with Crippen molar-refractivity contribution < 1.29 is 9.21 Å². The number of aromatic nitrogens is 2. The normalized spacial score (nSPS) is 20.1. The van der Waals surface area contributed by atoms with Crippen LogP contribution < -0.4 is 11.1 Å². The Morgan fingerprint density at radius 1 is 1.25 bits per heavy atom. The molecule has 1 saturated carbocycles. The van der Waals surface area contributed by atoms with Crippen LogP contribution in [0.25, 0.3) is 11.5 Å². The maximum Gasteiger partial charge on any atom is 0.234 e. The zero-order valence-corrected chi connectivity index (χ0v) is 13.2. The number of nitrogens with two attached hydrogens (primary N) is 1. The number of fused-ring (bicyclic) bond motifs is 1. The molecule has 2 aromatic heterocycles. The molecule has 7 nitrogen and oxygen atoms in total.